The van der Waals surface area contributed by atoms with Crippen LogP contribution in [0.2, 0.25) is 10.0 Å². The lowest BCUT2D eigenvalue weighted by atomic mass is 10.0. The maximum absolute atomic E-state index is 11.4. The number of hydrogen-bond acceptors (Lipinski definition) is 4. The summed E-state index contributed by atoms with van der Waals surface area (Å²) in [5.41, 5.74) is 6.08. The van der Waals surface area contributed by atoms with Gasteiger partial charge in [-0.05, 0) is 19.9 Å². The summed E-state index contributed by atoms with van der Waals surface area (Å²) < 4.78 is 5.22. The van der Waals surface area contributed by atoms with Gasteiger partial charge in [0.1, 0.15) is 12.1 Å². The summed E-state index contributed by atoms with van der Waals surface area (Å²) >= 11 is 11.8. The van der Waals surface area contributed by atoms with E-state index in [4.69, 9.17) is 33.7 Å². The van der Waals surface area contributed by atoms with Gasteiger partial charge < -0.3 is 10.5 Å². The van der Waals surface area contributed by atoms with Crippen molar-refractivity contribution in [3.8, 4) is 0 Å². The standard InChI is InChI=1S/C12H16Cl2N2O2.ClH/c1-6(8(3)18-12(17)7(2)15)11-10(14)4-9(13)5-16-11;/h4-8H,15H2,1-3H3;1H. The molecule has 0 saturated carbocycles. The van der Waals surface area contributed by atoms with Gasteiger partial charge in [0.05, 0.1) is 15.7 Å². The molecule has 7 heteroatoms. The predicted octanol–water partition coefficient (Wildman–Crippen LogP) is 3.19. The van der Waals surface area contributed by atoms with Gasteiger partial charge in [0.2, 0.25) is 0 Å². The number of ether oxygens (including phenoxy) is 1. The number of carbonyl (C=O) groups excluding carboxylic acids is 1. The van der Waals surface area contributed by atoms with Crippen molar-refractivity contribution in [2.75, 3.05) is 0 Å². The molecule has 19 heavy (non-hydrogen) atoms. The Bertz CT molecular complexity index is 441. The Hall–Kier alpha value is -0.550. The number of nitrogens with two attached hydrogens (primary N) is 1. The lowest BCUT2D eigenvalue weighted by Gasteiger charge is -2.21. The highest BCUT2D eigenvalue weighted by Crippen LogP contribution is 2.28. The van der Waals surface area contributed by atoms with Crippen LogP contribution in [0.15, 0.2) is 12.3 Å². The Kier molecular flexibility index (Phi) is 7.67. The third-order valence-corrected chi connectivity index (χ3v) is 3.15. The molecule has 0 fully saturated rings. The second-order valence-electron chi connectivity index (χ2n) is 4.24. The smallest absolute Gasteiger partial charge is 0.322 e. The Morgan fingerprint density at radius 1 is 1.37 bits per heavy atom. The molecular formula is C12H17Cl3N2O2. The molecule has 1 aromatic rings. The fraction of sp³-hybridized carbons (Fsp3) is 0.500. The zero-order valence-corrected chi connectivity index (χ0v) is 13.2. The van der Waals surface area contributed by atoms with Crippen LogP contribution in [-0.2, 0) is 9.53 Å². The van der Waals surface area contributed by atoms with Crippen LogP contribution in [0.1, 0.15) is 32.4 Å². The topological polar surface area (TPSA) is 65.2 Å². The fourth-order valence-electron chi connectivity index (χ4n) is 1.38. The number of carbonyl (C=O) groups is 1. The van der Waals surface area contributed by atoms with Crippen molar-refractivity contribution in [1.82, 2.24) is 4.98 Å². The quantitative estimate of drug-likeness (QED) is 0.863. The van der Waals surface area contributed by atoms with Gasteiger partial charge in [-0.15, -0.1) is 12.4 Å². The van der Waals surface area contributed by atoms with Crippen LogP contribution in [0, 0.1) is 0 Å². The van der Waals surface area contributed by atoms with E-state index in [0.29, 0.717) is 15.7 Å². The first-order valence-electron chi connectivity index (χ1n) is 5.60. The number of hydrogen-bond donors (Lipinski definition) is 1. The summed E-state index contributed by atoms with van der Waals surface area (Å²) in [6.45, 7) is 5.23. The van der Waals surface area contributed by atoms with Crippen molar-refractivity contribution in [3.05, 3.63) is 28.0 Å². The van der Waals surface area contributed by atoms with Gasteiger partial charge in [0, 0.05) is 12.1 Å². The summed E-state index contributed by atoms with van der Waals surface area (Å²) in [5, 5.41) is 0.926. The molecule has 0 aliphatic rings. The van der Waals surface area contributed by atoms with Gasteiger partial charge in [-0.25, -0.2) is 0 Å². The van der Waals surface area contributed by atoms with Crippen molar-refractivity contribution in [2.45, 2.75) is 38.8 Å². The molecule has 108 valence electrons. The Labute approximate surface area is 129 Å². The molecule has 1 aromatic heterocycles. The van der Waals surface area contributed by atoms with Gasteiger partial charge in [-0.3, -0.25) is 9.78 Å². The van der Waals surface area contributed by atoms with Crippen LogP contribution in [-0.4, -0.2) is 23.1 Å². The van der Waals surface area contributed by atoms with Gasteiger partial charge >= 0.3 is 5.97 Å². The zero-order valence-electron chi connectivity index (χ0n) is 10.9. The molecule has 3 unspecified atom stereocenters. The lowest BCUT2D eigenvalue weighted by molar-refractivity contribution is -0.150. The molecule has 1 rings (SSSR count). The van der Waals surface area contributed by atoms with Crippen LogP contribution in [0.4, 0.5) is 0 Å². The highest BCUT2D eigenvalue weighted by molar-refractivity contribution is 6.34. The minimum atomic E-state index is -0.645. The first-order valence-corrected chi connectivity index (χ1v) is 6.35. The molecule has 3 atom stereocenters. The van der Waals surface area contributed by atoms with Gasteiger partial charge in [-0.1, -0.05) is 30.1 Å². The Morgan fingerprint density at radius 3 is 2.42 bits per heavy atom. The number of rotatable bonds is 4. The minimum Gasteiger partial charge on any atom is -0.461 e. The third-order valence-electron chi connectivity index (χ3n) is 2.65. The number of esters is 1. The van der Waals surface area contributed by atoms with E-state index in [2.05, 4.69) is 4.98 Å². The SMILES string of the molecule is CC(N)C(=O)OC(C)C(C)c1ncc(Cl)cc1Cl.Cl. The highest BCUT2D eigenvalue weighted by atomic mass is 35.5. The summed E-state index contributed by atoms with van der Waals surface area (Å²) in [5.74, 6) is -0.586. The van der Waals surface area contributed by atoms with Gasteiger partial charge in [0.15, 0.2) is 0 Å². The van der Waals surface area contributed by atoms with E-state index in [1.165, 1.54) is 6.20 Å². The van der Waals surface area contributed by atoms with Crippen molar-refractivity contribution in [2.24, 2.45) is 5.73 Å². The average Bonchev–Trinajstić information content (AvgIpc) is 2.27. The Balaban J connectivity index is 0.00000324. The number of aromatic nitrogens is 1. The van der Waals surface area contributed by atoms with E-state index < -0.39 is 12.0 Å². The molecule has 0 radical (unpaired) electrons. The van der Waals surface area contributed by atoms with Crippen molar-refractivity contribution >= 4 is 41.6 Å². The van der Waals surface area contributed by atoms with Gasteiger partial charge in [0.25, 0.3) is 0 Å². The maximum atomic E-state index is 11.4. The molecule has 0 amide bonds. The van der Waals surface area contributed by atoms with E-state index in [1.54, 1.807) is 19.9 Å². The van der Waals surface area contributed by atoms with E-state index in [9.17, 15) is 4.79 Å². The van der Waals surface area contributed by atoms with E-state index in [1.807, 2.05) is 6.92 Å². The summed E-state index contributed by atoms with van der Waals surface area (Å²) in [6.07, 6.45) is 1.15. The second-order valence-corrected chi connectivity index (χ2v) is 5.08. The molecule has 0 saturated heterocycles. The average molecular weight is 328 g/mol. The molecule has 0 bridgehead atoms. The minimum absolute atomic E-state index is 0. The fourth-order valence-corrected chi connectivity index (χ4v) is 1.93. The molecule has 0 spiro atoms. The highest BCUT2D eigenvalue weighted by Gasteiger charge is 2.23. The zero-order chi connectivity index (χ0) is 13.9. The van der Waals surface area contributed by atoms with Crippen molar-refractivity contribution in [3.63, 3.8) is 0 Å². The van der Waals surface area contributed by atoms with Gasteiger partial charge in [-0.2, -0.15) is 0 Å². The van der Waals surface area contributed by atoms with Crippen molar-refractivity contribution in [1.29, 1.82) is 0 Å². The first-order chi connectivity index (χ1) is 8.32. The summed E-state index contributed by atoms with van der Waals surface area (Å²) in [7, 11) is 0. The van der Waals surface area contributed by atoms with E-state index in [-0.39, 0.29) is 24.4 Å². The normalized spacial score (nSPS) is 15.1. The summed E-state index contributed by atoms with van der Waals surface area (Å²) in [6, 6.07) is 0.968. The molecule has 0 aliphatic carbocycles. The molecular weight excluding hydrogens is 311 g/mol. The van der Waals surface area contributed by atoms with Crippen LogP contribution < -0.4 is 5.73 Å². The number of halogens is 3. The van der Waals surface area contributed by atoms with E-state index >= 15 is 0 Å². The molecule has 1 heterocycles. The monoisotopic (exact) mass is 326 g/mol. The molecule has 2 N–H and O–H groups in total. The molecule has 0 aromatic carbocycles. The van der Waals surface area contributed by atoms with Crippen LogP contribution in [0.5, 0.6) is 0 Å². The number of nitrogens with zero attached hydrogens (tertiary/aromatic N) is 1. The molecule has 0 aliphatic heterocycles. The maximum Gasteiger partial charge on any atom is 0.322 e. The third kappa shape index (κ3) is 5.15. The van der Waals surface area contributed by atoms with Crippen LogP contribution in [0.25, 0.3) is 0 Å². The van der Waals surface area contributed by atoms with Crippen LogP contribution >= 0.6 is 35.6 Å². The summed E-state index contributed by atoms with van der Waals surface area (Å²) in [4.78, 5) is 15.6. The predicted molar refractivity (Wildman–Crippen MR) is 79.1 cm³/mol. The van der Waals surface area contributed by atoms with Crippen molar-refractivity contribution < 1.29 is 9.53 Å². The largest absolute Gasteiger partial charge is 0.461 e. The second kappa shape index (κ2) is 7.90. The van der Waals surface area contributed by atoms with E-state index in [0.717, 1.165) is 0 Å². The molecule has 4 nitrogen and oxygen atoms in total. The van der Waals surface area contributed by atoms with Crippen LogP contribution in [0.3, 0.4) is 0 Å². The number of pyridine rings is 1. The Morgan fingerprint density at radius 2 is 1.95 bits per heavy atom. The first kappa shape index (κ1) is 18.4. The lowest BCUT2D eigenvalue weighted by Crippen LogP contribution is -2.33.